The fraction of sp³-hybridized carbons (Fsp3) is 0.455. The van der Waals surface area contributed by atoms with Gasteiger partial charge in [-0.3, -0.25) is 0 Å². The highest BCUT2D eigenvalue weighted by Crippen LogP contribution is 2.28. The van der Waals surface area contributed by atoms with E-state index < -0.39 is 18.0 Å². The normalized spacial score (nSPS) is 14.2. The second-order valence-corrected chi connectivity index (χ2v) is 4.08. The SMILES string of the molecule is COc1cc(NCC(C)(O)CO)c(F)cc1N. The minimum Gasteiger partial charge on any atom is -0.495 e. The lowest BCUT2D eigenvalue weighted by Crippen LogP contribution is -2.37. The largest absolute Gasteiger partial charge is 0.495 e. The van der Waals surface area contributed by atoms with Gasteiger partial charge < -0.3 is 26.0 Å². The molecule has 1 unspecified atom stereocenters. The lowest BCUT2D eigenvalue weighted by molar-refractivity contribution is 0.0132. The minimum atomic E-state index is -1.32. The third-order valence-corrected chi connectivity index (χ3v) is 2.32. The van der Waals surface area contributed by atoms with E-state index >= 15 is 0 Å². The molecule has 1 rings (SSSR count). The summed E-state index contributed by atoms with van der Waals surface area (Å²) in [4.78, 5) is 0. The lowest BCUT2D eigenvalue weighted by Gasteiger charge is -2.21. The molecule has 5 N–H and O–H groups in total. The van der Waals surface area contributed by atoms with Crippen molar-refractivity contribution in [3.05, 3.63) is 17.9 Å². The summed E-state index contributed by atoms with van der Waals surface area (Å²) in [6.45, 7) is 1.02. The van der Waals surface area contributed by atoms with Crippen molar-refractivity contribution in [3.8, 4) is 5.75 Å². The van der Waals surface area contributed by atoms with E-state index in [4.69, 9.17) is 15.6 Å². The fourth-order valence-corrected chi connectivity index (χ4v) is 1.22. The van der Waals surface area contributed by atoms with Gasteiger partial charge in [0.1, 0.15) is 17.2 Å². The summed E-state index contributed by atoms with van der Waals surface area (Å²) >= 11 is 0. The number of hydrogen-bond donors (Lipinski definition) is 4. The molecule has 0 aromatic heterocycles. The monoisotopic (exact) mass is 244 g/mol. The molecule has 1 aromatic carbocycles. The highest BCUT2D eigenvalue weighted by atomic mass is 19.1. The zero-order valence-corrected chi connectivity index (χ0v) is 9.83. The highest BCUT2D eigenvalue weighted by molar-refractivity contribution is 5.62. The molecule has 96 valence electrons. The second-order valence-electron chi connectivity index (χ2n) is 4.08. The van der Waals surface area contributed by atoms with Crippen LogP contribution in [0.2, 0.25) is 0 Å². The van der Waals surface area contributed by atoms with Crippen LogP contribution in [0.25, 0.3) is 0 Å². The first-order valence-electron chi connectivity index (χ1n) is 5.10. The number of ether oxygens (including phenoxy) is 1. The number of benzene rings is 1. The van der Waals surface area contributed by atoms with Crippen LogP contribution in [0.3, 0.4) is 0 Å². The van der Waals surface area contributed by atoms with Crippen molar-refractivity contribution in [2.24, 2.45) is 0 Å². The van der Waals surface area contributed by atoms with Crippen molar-refractivity contribution in [2.45, 2.75) is 12.5 Å². The third-order valence-electron chi connectivity index (χ3n) is 2.32. The second kappa shape index (κ2) is 5.20. The predicted molar refractivity (Wildman–Crippen MR) is 63.6 cm³/mol. The highest BCUT2D eigenvalue weighted by Gasteiger charge is 2.19. The molecule has 1 aromatic rings. The molecule has 0 amide bonds. The molecule has 0 heterocycles. The summed E-state index contributed by atoms with van der Waals surface area (Å²) in [5.74, 6) is -0.199. The van der Waals surface area contributed by atoms with Crippen molar-refractivity contribution in [2.75, 3.05) is 31.3 Å². The van der Waals surface area contributed by atoms with E-state index in [0.717, 1.165) is 6.07 Å². The van der Waals surface area contributed by atoms with Crippen LogP contribution >= 0.6 is 0 Å². The summed E-state index contributed by atoms with van der Waals surface area (Å²) in [5.41, 5.74) is 4.56. The van der Waals surface area contributed by atoms with Crippen LogP contribution in [-0.4, -0.2) is 36.1 Å². The molecular weight excluding hydrogens is 227 g/mol. The van der Waals surface area contributed by atoms with Gasteiger partial charge in [-0.05, 0) is 6.92 Å². The summed E-state index contributed by atoms with van der Waals surface area (Å²) in [5, 5.41) is 21.1. The predicted octanol–water partition coefficient (Wildman–Crippen LogP) is 0.572. The maximum atomic E-state index is 13.5. The van der Waals surface area contributed by atoms with Crippen LogP contribution in [0.1, 0.15) is 6.92 Å². The first kappa shape index (κ1) is 13.5. The van der Waals surface area contributed by atoms with Crippen molar-refractivity contribution in [1.29, 1.82) is 0 Å². The molecular formula is C11H17FN2O3. The zero-order valence-electron chi connectivity index (χ0n) is 9.83. The summed E-state index contributed by atoms with van der Waals surface area (Å²) in [6, 6.07) is 2.53. The Morgan fingerprint density at radius 3 is 2.71 bits per heavy atom. The van der Waals surface area contributed by atoms with Crippen molar-refractivity contribution >= 4 is 11.4 Å². The van der Waals surface area contributed by atoms with Gasteiger partial charge in [0, 0.05) is 18.7 Å². The van der Waals surface area contributed by atoms with Crippen molar-refractivity contribution < 1.29 is 19.3 Å². The van der Waals surface area contributed by atoms with Gasteiger partial charge in [-0.15, -0.1) is 0 Å². The first-order valence-corrected chi connectivity index (χ1v) is 5.10. The Hall–Kier alpha value is -1.53. The maximum Gasteiger partial charge on any atom is 0.148 e. The molecule has 0 aliphatic heterocycles. The Bertz CT molecular complexity index is 397. The van der Waals surface area contributed by atoms with Gasteiger partial charge in [0.25, 0.3) is 0 Å². The number of nitrogen functional groups attached to an aromatic ring is 1. The van der Waals surface area contributed by atoms with Crippen LogP contribution in [0.15, 0.2) is 12.1 Å². The Morgan fingerprint density at radius 2 is 2.18 bits per heavy atom. The molecule has 0 aliphatic rings. The van der Waals surface area contributed by atoms with E-state index in [1.807, 2.05) is 0 Å². The van der Waals surface area contributed by atoms with Gasteiger partial charge >= 0.3 is 0 Å². The number of rotatable bonds is 5. The Labute approximate surface area is 99.0 Å². The van der Waals surface area contributed by atoms with Gasteiger partial charge in [-0.25, -0.2) is 4.39 Å². The van der Waals surface area contributed by atoms with E-state index in [9.17, 15) is 9.50 Å². The van der Waals surface area contributed by atoms with Gasteiger partial charge in [-0.2, -0.15) is 0 Å². The summed E-state index contributed by atoms with van der Waals surface area (Å²) in [6.07, 6.45) is 0. The summed E-state index contributed by atoms with van der Waals surface area (Å²) in [7, 11) is 1.43. The van der Waals surface area contributed by atoms with Crippen LogP contribution in [0, 0.1) is 5.82 Å². The van der Waals surface area contributed by atoms with Gasteiger partial charge in [0.15, 0.2) is 0 Å². The van der Waals surface area contributed by atoms with Gasteiger partial charge in [-0.1, -0.05) is 0 Å². The average molecular weight is 244 g/mol. The molecule has 0 saturated carbocycles. The molecule has 0 aliphatic carbocycles. The number of methoxy groups -OCH3 is 1. The number of anilines is 2. The number of hydrogen-bond acceptors (Lipinski definition) is 5. The molecule has 0 fully saturated rings. The van der Waals surface area contributed by atoms with Gasteiger partial charge in [0.2, 0.25) is 0 Å². The standard InChI is InChI=1S/C11H17FN2O3/c1-11(16,6-15)5-14-9-4-10(17-2)8(13)3-7(9)12/h3-4,14-16H,5-6,13H2,1-2H3. The number of aliphatic hydroxyl groups excluding tert-OH is 1. The molecule has 5 nitrogen and oxygen atoms in total. The van der Waals surface area contributed by atoms with E-state index in [2.05, 4.69) is 5.32 Å². The number of nitrogens with one attached hydrogen (secondary N) is 1. The summed E-state index contributed by atoms with van der Waals surface area (Å²) < 4.78 is 18.5. The first-order chi connectivity index (χ1) is 7.89. The van der Waals surface area contributed by atoms with E-state index in [-0.39, 0.29) is 17.9 Å². The Kier molecular flexibility index (Phi) is 4.14. The Morgan fingerprint density at radius 1 is 1.53 bits per heavy atom. The quantitative estimate of drug-likeness (QED) is 0.569. The van der Waals surface area contributed by atoms with Crippen LogP contribution in [-0.2, 0) is 0 Å². The van der Waals surface area contributed by atoms with Crippen LogP contribution in [0.4, 0.5) is 15.8 Å². The lowest BCUT2D eigenvalue weighted by atomic mass is 10.1. The smallest absolute Gasteiger partial charge is 0.148 e. The molecule has 0 spiro atoms. The van der Waals surface area contributed by atoms with Crippen LogP contribution < -0.4 is 15.8 Å². The number of halogens is 1. The van der Waals surface area contributed by atoms with Crippen molar-refractivity contribution in [3.63, 3.8) is 0 Å². The topological polar surface area (TPSA) is 87.7 Å². The van der Waals surface area contributed by atoms with Crippen LogP contribution in [0.5, 0.6) is 5.75 Å². The number of nitrogens with two attached hydrogens (primary N) is 1. The number of aliphatic hydroxyl groups is 2. The van der Waals surface area contributed by atoms with E-state index in [1.165, 1.54) is 20.1 Å². The van der Waals surface area contributed by atoms with E-state index in [1.54, 1.807) is 0 Å². The molecule has 0 bridgehead atoms. The third kappa shape index (κ3) is 3.47. The van der Waals surface area contributed by atoms with Crippen molar-refractivity contribution in [1.82, 2.24) is 0 Å². The van der Waals surface area contributed by atoms with Gasteiger partial charge in [0.05, 0.1) is 25.1 Å². The minimum absolute atomic E-state index is 0.00743. The molecule has 0 radical (unpaired) electrons. The molecule has 1 atom stereocenters. The average Bonchev–Trinajstić information content (AvgIpc) is 2.28. The fourth-order valence-electron chi connectivity index (χ4n) is 1.22. The molecule has 0 saturated heterocycles. The molecule has 17 heavy (non-hydrogen) atoms. The zero-order chi connectivity index (χ0) is 13.1. The molecule has 6 heteroatoms. The Balaban J connectivity index is 2.84. The maximum absolute atomic E-state index is 13.5. The van der Waals surface area contributed by atoms with E-state index in [0.29, 0.717) is 5.75 Å².